The minimum Gasteiger partial charge on any atom is -0.489 e. The zero-order valence-corrected chi connectivity index (χ0v) is 16.2. The Balaban J connectivity index is 1.78. The molecule has 0 bridgehead atoms. The standard InChI is InChI=1S/C20H26N2O5/c1-5-13(2)21-19(23)12-26-20(24)10-16-6-8-17(9-7-16)25-11-18-14(3)22-27-15(18)4/h6-9,13H,5,10-12H2,1-4H3,(H,21,23)/t13-/m1/s1. The number of benzene rings is 1. The first-order chi connectivity index (χ1) is 12.9. The highest BCUT2D eigenvalue weighted by Crippen LogP contribution is 2.18. The molecule has 1 amide bonds. The van der Waals surface area contributed by atoms with Crippen LogP contribution in [0.4, 0.5) is 0 Å². The highest BCUT2D eigenvalue weighted by molar-refractivity contribution is 5.81. The largest absolute Gasteiger partial charge is 0.489 e. The fraction of sp³-hybridized carbons (Fsp3) is 0.450. The van der Waals surface area contributed by atoms with Crippen LogP contribution in [-0.2, 0) is 27.4 Å². The number of carbonyl (C=O) groups is 2. The summed E-state index contributed by atoms with van der Waals surface area (Å²) in [5.74, 6) is 0.684. The van der Waals surface area contributed by atoms with E-state index < -0.39 is 5.97 Å². The molecule has 1 aromatic heterocycles. The van der Waals surface area contributed by atoms with Gasteiger partial charge in [-0.1, -0.05) is 24.2 Å². The van der Waals surface area contributed by atoms with E-state index in [9.17, 15) is 9.59 Å². The van der Waals surface area contributed by atoms with Crippen LogP contribution in [0, 0.1) is 13.8 Å². The minimum absolute atomic E-state index is 0.0640. The molecule has 0 fully saturated rings. The predicted octanol–water partition coefficient (Wildman–Crippen LogP) is 2.87. The Kier molecular flexibility index (Phi) is 7.40. The lowest BCUT2D eigenvalue weighted by atomic mass is 10.1. The number of hydrogen-bond acceptors (Lipinski definition) is 6. The second-order valence-corrected chi connectivity index (χ2v) is 6.45. The normalized spacial score (nSPS) is 11.7. The first kappa shape index (κ1) is 20.5. The zero-order valence-electron chi connectivity index (χ0n) is 16.2. The highest BCUT2D eigenvalue weighted by atomic mass is 16.5. The fourth-order valence-corrected chi connectivity index (χ4v) is 2.35. The molecule has 1 heterocycles. The molecule has 0 saturated heterocycles. The Bertz CT molecular complexity index is 748. The van der Waals surface area contributed by atoms with Crippen molar-refractivity contribution in [2.75, 3.05) is 6.61 Å². The molecule has 0 saturated carbocycles. The Morgan fingerprint density at radius 3 is 2.52 bits per heavy atom. The summed E-state index contributed by atoms with van der Waals surface area (Å²) in [7, 11) is 0. The van der Waals surface area contributed by atoms with E-state index in [4.69, 9.17) is 14.0 Å². The number of esters is 1. The van der Waals surface area contributed by atoms with Gasteiger partial charge in [-0.05, 0) is 44.9 Å². The highest BCUT2D eigenvalue weighted by Gasteiger charge is 2.11. The maximum Gasteiger partial charge on any atom is 0.310 e. The van der Waals surface area contributed by atoms with Gasteiger partial charge in [-0.2, -0.15) is 0 Å². The van der Waals surface area contributed by atoms with Gasteiger partial charge >= 0.3 is 5.97 Å². The summed E-state index contributed by atoms with van der Waals surface area (Å²) < 4.78 is 15.8. The number of rotatable bonds is 9. The van der Waals surface area contributed by atoms with Gasteiger partial charge in [-0.3, -0.25) is 9.59 Å². The lowest BCUT2D eigenvalue weighted by Gasteiger charge is -2.11. The SMILES string of the molecule is CC[C@@H](C)NC(=O)COC(=O)Cc1ccc(OCc2c(C)noc2C)cc1. The van der Waals surface area contributed by atoms with Crippen LogP contribution >= 0.6 is 0 Å². The maximum atomic E-state index is 11.9. The average Bonchev–Trinajstić information content (AvgIpc) is 2.97. The Hall–Kier alpha value is -2.83. The van der Waals surface area contributed by atoms with Gasteiger partial charge in [0, 0.05) is 6.04 Å². The van der Waals surface area contributed by atoms with Gasteiger partial charge in [0.15, 0.2) is 6.61 Å². The van der Waals surface area contributed by atoms with Gasteiger partial charge in [-0.15, -0.1) is 0 Å². The van der Waals surface area contributed by atoms with Crippen LogP contribution in [0.5, 0.6) is 5.75 Å². The molecule has 0 aliphatic heterocycles. The van der Waals surface area contributed by atoms with Gasteiger partial charge in [0.05, 0.1) is 17.7 Å². The molecule has 1 N–H and O–H groups in total. The van der Waals surface area contributed by atoms with Crippen LogP contribution in [0.2, 0.25) is 0 Å². The molecule has 0 aliphatic rings. The number of nitrogens with zero attached hydrogens (tertiary/aromatic N) is 1. The summed E-state index contributed by atoms with van der Waals surface area (Å²) >= 11 is 0. The molecule has 0 aliphatic carbocycles. The van der Waals surface area contributed by atoms with Gasteiger partial charge in [0.25, 0.3) is 5.91 Å². The van der Waals surface area contributed by atoms with E-state index in [1.54, 1.807) is 24.3 Å². The summed E-state index contributed by atoms with van der Waals surface area (Å²) in [6, 6.07) is 7.23. The Morgan fingerprint density at radius 1 is 1.22 bits per heavy atom. The van der Waals surface area contributed by atoms with Crippen molar-refractivity contribution in [3.05, 3.63) is 46.8 Å². The van der Waals surface area contributed by atoms with Crippen molar-refractivity contribution in [3.63, 3.8) is 0 Å². The second-order valence-electron chi connectivity index (χ2n) is 6.45. The molecule has 2 aromatic rings. The van der Waals surface area contributed by atoms with Gasteiger partial charge in [0.2, 0.25) is 0 Å². The number of nitrogens with one attached hydrogen (secondary N) is 1. The summed E-state index contributed by atoms with van der Waals surface area (Å²) in [6.45, 7) is 7.69. The van der Waals surface area contributed by atoms with E-state index >= 15 is 0 Å². The minimum atomic E-state index is -0.446. The molecule has 27 heavy (non-hydrogen) atoms. The quantitative estimate of drug-likeness (QED) is 0.679. The number of ether oxygens (including phenoxy) is 2. The van der Waals surface area contributed by atoms with Crippen LogP contribution in [0.3, 0.4) is 0 Å². The third-order valence-corrected chi connectivity index (χ3v) is 4.22. The van der Waals surface area contributed by atoms with Crippen LogP contribution in [0.25, 0.3) is 0 Å². The lowest BCUT2D eigenvalue weighted by molar-refractivity contribution is -0.148. The monoisotopic (exact) mass is 374 g/mol. The van der Waals surface area contributed by atoms with E-state index in [0.29, 0.717) is 12.4 Å². The average molecular weight is 374 g/mol. The van der Waals surface area contributed by atoms with Gasteiger partial charge in [0.1, 0.15) is 18.1 Å². The summed E-state index contributed by atoms with van der Waals surface area (Å²) in [5, 5.41) is 6.64. The van der Waals surface area contributed by atoms with E-state index in [-0.39, 0.29) is 25.0 Å². The first-order valence-corrected chi connectivity index (χ1v) is 8.97. The van der Waals surface area contributed by atoms with E-state index in [1.165, 1.54) is 0 Å². The maximum absolute atomic E-state index is 11.9. The Labute approximate surface area is 159 Å². The number of hydrogen-bond donors (Lipinski definition) is 1. The molecule has 7 heteroatoms. The number of amides is 1. The molecule has 0 radical (unpaired) electrons. The van der Waals surface area contributed by atoms with E-state index in [1.807, 2.05) is 27.7 Å². The van der Waals surface area contributed by atoms with Crippen molar-refractivity contribution in [1.29, 1.82) is 0 Å². The molecular formula is C20H26N2O5. The van der Waals surface area contributed by atoms with Gasteiger partial charge < -0.3 is 19.3 Å². The topological polar surface area (TPSA) is 90.7 Å². The molecule has 7 nitrogen and oxygen atoms in total. The molecule has 1 aromatic carbocycles. The van der Waals surface area contributed by atoms with Crippen molar-refractivity contribution >= 4 is 11.9 Å². The number of aromatic nitrogens is 1. The van der Waals surface area contributed by atoms with E-state index in [2.05, 4.69) is 10.5 Å². The Morgan fingerprint density at radius 2 is 1.93 bits per heavy atom. The van der Waals surface area contributed by atoms with Crippen LogP contribution < -0.4 is 10.1 Å². The van der Waals surface area contributed by atoms with Crippen molar-refractivity contribution in [1.82, 2.24) is 10.5 Å². The van der Waals surface area contributed by atoms with Crippen molar-refractivity contribution in [2.45, 2.75) is 53.2 Å². The number of aryl methyl sites for hydroxylation is 2. The van der Waals surface area contributed by atoms with Crippen LogP contribution in [0.15, 0.2) is 28.8 Å². The van der Waals surface area contributed by atoms with Crippen molar-refractivity contribution < 1.29 is 23.6 Å². The first-order valence-electron chi connectivity index (χ1n) is 8.97. The van der Waals surface area contributed by atoms with Gasteiger partial charge in [-0.25, -0.2) is 0 Å². The van der Waals surface area contributed by atoms with Crippen LogP contribution in [0.1, 0.15) is 42.8 Å². The molecule has 2 rings (SSSR count). The lowest BCUT2D eigenvalue weighted by Crippen LogP contribution is -2.35. The van der Waals surface area contributed by atoms with Crippen molar-refractivity contribution in [2.24, 2.45) is 0 Å². The summed E-state index contributed by atoms with van der Waals surface area (Å²) in [5.41, 5.74) is 2.52. The second kappa shape index (κ2) is 9.75. The summed E-state index contributed by atoms with van der Waals surface area (Å²) in [4.78, 5) is 23.5. The third kappa shape index (κ3) is 6.44. The van der Waals surface area contributed by atoms with E-state index in [0.717, 1.165) is 29.0 Å². The molecular weight excluding hydrogens is 348 g/mol. The predicted molar refractivity (Wildman–Crippen MR) is 99.3 cm³/mol. The zero-order chi connectivity index (χ0) is 19.8. The smallest absolute Gasteiger partial charge is 0.310 e. The molecule has 1 atom stereocenters. The molecule has 0 unspecified atom stereocenters. The fourth-order valence-electron chi connectivity index (χ4n) is 2.35. The molecule has 146 valence electrons. The van der Waals surface area contributed by atoms with Crippen molar-refractivity contribution in [3.8, 4) is 5.75 Å². The summed E-state index contributed by atoms with van der Waals surface area (Å²) in [6.07, 6.45) is 0.922. The number of carbonyl (C=O) groups excluding carboxylic acids is 2. The molecule has 0 spiro atoms. The van der Waals surface area contributed by atoms with Crippen LogP contribution in [-0.4, -0.2) is 29.7 Å². The third-order valence-electron chi connectivity index (χ3n) is 4.22.